The SMILES string of the molecule is O=C(CCCOc1ccc2cc(OCCCC(=O)N[C@@H](CS)C(=O)O)ccc2c1)N[C@@H](CS)C(=O)O. The number of fused-ring (bicyclic) bond motifs is 1. The fraction of sp³-hybridized carbons (Fsp3) is 0.417. The number of carbonyl (C=O) groups excluding carboxylic acids is 2. The van der Waals surface area contributed by atoms with Gasteiger partial charge in [-0.3, -0.25) is 9.59 Å². The first-order valence-corrected chi connectivity index (χ1v) is 12.6. The second-order valence-electron chi connectivity index (χ2n) is 7.86. The molecule has 0 aliphatic carbocycles. The number of benzene rings is 2. The molecule has 0 aliphatic rings. The van der Waals surface area contributed by atoms with Crippen LogP contribution in [0.15, 0.2) is 36.4 Å². The van der Waals surface area contributed by atoms with E-state index in [0.717, 1.165) is 10.8 Å². The number of hydrogen-bond donors (Lipinski definition) is 6. The van der Waals surface area contributed by atoms with E-state index in [-0.39, 0.29) is 36.2 Å². The maximum Gasteiger partial charge on any atom is 0.327 e. The van der Waals surface area contributed by atoms with Gasteiger partial charge in [0.15, 0.2) is 0 Å². The van der Waals surface area contributed by atoms with Crippen molar-refractivity contribution >= 4 is 59.8 Å². The number of thiol groups is 2. The monoisotopic (exact) mass is 538 g/mol. The van der Waals surface area contributed by atoms with Crippen molar-refractivity contribution in [1.82, 2.24) is 10.6 Å². The Kier molecular flexibility index (Phi) is 12.2. The summed E-state index contributed by atoms with van der Waals surface area (Å²) in [5.41, 5.74) is 0. The highest BCUT2D eigenvalue weighted by molar-refractivity contribution is 7.80. The van der Waals surface area contributed by atoms with Gasteiger partial charge >= 0.3 is 11.9 Å². The third-order valence-corrected chi connectivity index (χ3v) is 5.78. The number of amides is 2. The van der Waals surface area contributed by atoms with Crippen LogP contribution < -0.4 is 20.1 Å². The smallest absolute Gasteiger partial charge is 0.327 e. The fourth-order valence-corrected chi connectivity index (χ4v) is 3.63. The minimum atomic E-state index is -1.12. The molecule has 2 atom stereocenters. The molecule has 196 valence electrons. The number of carboxylic acid groups (broad SMARTS) is 2. The quantitative estimate of drug-likeness (QED) is 0.141. The van der Waals surface area contributed by atoms with Crippen LogP contribution in [0.3, 0.4) is 0 Å². The van der Waals surface area contributed by atoms with Crippen LogP contribution in [0.2, 0.25) is 0 Å². The number of nitrogens with one attached hydrogen (secondary N) is 2. The van der Waals surface area contributed by atoms with Gasteiger partial charge in [-0.15, -0.1) is 0 Å². The van der Waals surface area contributed by atoms with Gasteiger partial charge in [-0.2, -0.15) is 25.3 Å². The highest BCUT2D eigenvalue weighted by Gasteiger charge is 2.18. The van der Waals surface area contributed by atoms with Crippen molar-refractivity contribution in [2.75, 3.05) is 24.7 Å². The van der Waals surface area contributed by atoms with Crippen molar-refractivity contribution in [3.63, 3.8) is 0 Å². The molecule has 2 amide bonds. The van der Waals surface area contributed by atoms with E-state index < -0.39 is 24.0 Å². The summed E-state index contributed by atoms with van der Waals surface area (Å²) in [6.07, 6.45) is 1.14. The molecule has 10 nitrogen and oxygen atoms in total. The first kappa shape index (κ1) is 29.1. The van der Waals surface area contributed by atoms with E-state index in [1.165, 1.54) is 0 Å². The molecule has 4 N–H and O–H groups in total. The highest BCUT2D eigenvalue weighted by Crippen LogP contribution is 2.25. The lowest BCUT2D eigenvalue weighted by atomic mass is 10.1. The second kappa shape index (κ2) is 15.1. The number of hydrogen-bond acceptors (Lipinski definition) is 8. The average Bonchev–Trinajstić information content (AvgIpc) is 2.85. The first-order valence-electron chi connectivity index (χ1n) is 11.3. The molecule has 0 unspecified atom stereocenters. The predicted octanol–water partition coefficient (Wildman–Crippen LogP) is 2.16. The Morgan fingerprint density at radius 2 is 1.11 bits per heavy atom. The van der Waals surface area contributed by atoms with Gasteiger partial charge < -0.3 is 30.3 Å². The number of ether oxygens (including phenoxy) is 2. The number of rotatable bonds is 16. The molecule has 2 rings (SSSR count). The van der Waals surface area contributed by atoms with Gasteiger partial charge in [0.2, 0.25) is 11.8 Å². The summed E-state index contributed by atoms with van der Waals surface area (Å²) >= 11 is 7.82. The van der Waals surface area contributed by atoms with Crippen LogP contribution in [0.4, 0.5) is 0 Å². The van der Waals surface area contributed by atoms with Gasteiger partial charge in [0.1, 0.15) is 23.6 Å². The van der Waals surface area contributed by atoms with Gasteiger partial charge in [0.25, 0.3) is 0 Å². The molecule has 0 radical (unpaired) electrons. The van der Waals surface area contributed by atoms with Crippen LogP contribution in [0.25, 0.3) is 10.8 Å². The molecule has 0 bridgehead atoms. The molecule has 0 saturated heterocycles. The van der Waals surface area contributed by atoms with Crippen molar-refractivity contribution in [3.8, 4) is 11.5 Å². The van der Waals surface area contributed by atoms with Crippen LogP contribution in [0, 0.1) is 0 Å². The molecule has 0 aromatic heterocycles. The zero-order valence-corrected chi connectivity index (χ0v) is 21.3. The average molecular weight is 539 g/mol. The summed E-state index contributed by atoms with van der Waals surface area (Å²) in [6, 6.07) is 9.08. The van der Waals surface area contributed by atoms with E-state index in [1.54, 1.807) is 12.1 Å². The topological polar surface area (TPSA) is 151 Å². The van der Waals surface area contributed by atoms with E-state index in [2.05, 4.69) is 35.9 Å². The van der Waals surface area contributed by atoms with E-state index in [9.17, 15) is 19.2 Å². The van der Waals surface area contributed by atoms with Crippen molar-refractivity contribution in [2.24, 2.45) is 0 Å². The van der Waals surface area contributed by atoms with Crippen LogP contribution in [0.1, 0.15) is 25.7 Å². The molecule has 0 aliphatic heterocycles. The summed E-state index contributed by atoms with van der Waals surface area (Å²) in [5.74, 6) is -1.66. The Hall–Kier alpha value is -3.12. The second-order valence-corrected chi connectivity index (χ2v) is 8.59. The highest BCUT2D eigenvalue weighted by atomic mass is 32.1. The molecule has 0 fully saturated rings. The normalized spacial score (nSPS) is 12.4. The minimum Gasteiger partial charge on any atom is -0.494 e. The largest absolute Gasteiger partial charge is 0.494 e. The van der Waals surface area contributed by atoms with Gasteiger partial charge in [0, 0.05) is 24.3 Å². The lowest BCUT2D eigenvalue weighted by molar-refractivity contribution is -0.141. The number of carboxylic acids is 2. The number of aliphatic carboxylic acids is 2. The molecule has 0 saturated carbocycles. The van der Waals surface area contributed by atoms with Gasteiger partial charge in [0.05, 0.1) is 13.2 Å². The zero-order valence-electron chi connectivity index (χ0n) is 19.5. The fourth-order valence-electron chi connectivity index (χ4n) is 3.13. The van der Waals surface area contributed by atoms with Crippen molar-refractivity contribution in [1.29, 1.82) is 0 Å². The maximum atomic E-state index is 11.8. The molecule has 0 spiro atoms. The zero-order chi connectivity index (χ0) is 26.5. The Balaban J connectivity index is 1.75. The number of carbonyl (C=O) groups is 4. The summed E-state index contributed by atoms with van der Waals surface area (Å²) in [5, 5.41) is 24.6. The van der Waals surface area contributed by atoms with Crippen molar-refractivity contribution < 1.29 is 38.9 Å². The molecular formula is C24H30N2O8S2. The lowest BCUT2D eigenvalue weighted by Gasteiger charge is -2.12. The Morgan fingerprint density at radius 3 is 1.44 bits per heavy atom. The maximum absolute atomic E-state index is 11.8. The molecular weight excluding hydrogens is 508 g/mol. The third-order valence-electron chi connectivity index (χ3n) is 5.05. The van der Waals surface area contributed by atoms with E-state index in [1.807, 2.05) is 24.3 Å². The summed E-state index contributed by atoms with van der Waals surface area (Å²) in [6.45, 7) is 0.598. The van der Waals surface area contributed by atoms with E-state index in [4.69, 9.17) is 19.7 Å². The standard InChI is InChI=1S/C24H30N2O8S2/c27-21(25-19(13-35)23(29)30)3-1-9-33-17-7-5-16-12-18(8-6-15(16)11-17)34-10-2-4-22(28)26-20(14-36)24(31)32/h5-8,11-12,19-20,35-36H,1-4,9-10,13-14H2,(H,25,27)(H,26,28)(H,29,30)(H,31,32)/t19-,20-/m0/s1. The molecule has 0 heterocycles. The molecule has 2 aromatic rings. The summed E-state index contributed by atoms with van der Waals surface area (Å²) in [4.78, 5) is 45.5. The molecule has 36 heavy (non-hydrogen) atoms. The van der Waals surface area contributed by atoms with Crippen LogP contribution in [0.5, 0.6) is 11.5 Å². The first-order chi connectivity index (χ1) is 17.2. The van der Waals surface area contributed by atoms with E-state index in [0.29, 0.717) is 37.6 Å². The summed E-state index contributed by atoms with van der Waals surface area (Å²) < 4.78 is 11.4. The van der Waals surface area contributed by atoms with Crippen LogP contribution >= 0.6 is 25.3 Å². The predicted molar refractivity (Wildman–Crippen MR) is 140 cm³/mol. The Labute approximate surface area is 219 Å². The minimum absolute atomic E-state index is 0.0181. The molecule has 12 heteroatoms. The Morgan fingerprint density at radius 1 is 0.722 bits per heavy atom. The van der Waals surface area contributed by atoms with E-state index >= 15 is 0 Å². The van der Waals surface area contributed by atoms with Gasteiger partial charge in [-0.1, -0.05) is 12.1 Å². The van der Waals surface area contributed by atoms with Crippen molar-refractivity contribution in [3.05, 3.63) is 36.4 Å². The van der Waals surface area contributed by atoms with Gasteiger partial charge in [-0.05, 0) is 47.9 Å². The lowest BCUT2D eigenvalue weighted by Crippen LogP contribution is -2.42. The van der Waals surface area contributed by atoms with Crippen molar-refractivity contribution in [2.45, 2.75) is 37.8 Å². The third kappa shape index (κ3) is 9.86. The summed E-state index contributed by atoms with van der Waals surface area (Å²) in [7, 11) is 0. The Bertz CT molecular complexity index is 982. The van der Waals surface area contributed by atoms with Gasteiger partial charge in [-0.25, -0.2) is 9.59 Å². The molecule has 2 aromatic carbocycles. The van der Waals surface area contributed by atoms with Crippen LogP contribution in [-0.4, -0.2) is 70.8 Å². The van der Waals surface area contributed by atoms with Crippen LogP contribution in [-0.2, 0) is 19.2 Å².